The number of benzene rings is 1. The third-order valence-corrected chi connectivity index (χ3v) is 2.32. The molecule has 0 spiro atoms. The van der Waals surface area contributed by atoms with Crippen LogP contribution in [-0.4, -0.2) is 25.0 Å². The fraction of sp³-hybridized carbons (Fsp3) is 0.286. The van der Waals surface area contributed by atoms with Crippen molar-refractivity contribution in [3.8, 4) is 0 Å². The number of nitrogens with one attached hydrogen (secondary N) is 3. The van der Waals surface area contributed by atoms with Gasteiger partial charge in [0.1, 0.15) is 0 Å². The summed E-state index contributed by atoms with van der Waals surface area (Å²) in [5, 5.41) is 7.80. The maximum atomic E-state index is 11.4. The monoisotopic (exact) mass is 261 g/mol. The van der Waals surface area contributed by atoms with Gasteiger partial charge in [-0.1, -0.05) is 29.8 Å². The van der Waals surface area contributed by atoms with Crippen molar-refractivity contribution in [1.29, 1.82) is 0 Å². The van der Waals surface area contributed by atoms with Crippen LogP contribution >= 0.6 is 0 Å². The molecule has 0 aliphatic carbocycles. The van der Waals surface area contributed by atoms with Gasteiger partial charge >= 0.3 is 6.03 Å². The number of hydrogen-bond donors (Lipinski definition) is 3. The number of carbonyl (C=O) groups excluding carboxylic acids is 2. The van der Waals surface area contributed by atoms with E-state index in [1.807, 2.05) is 37.3 Å². The topological polar surface area (TPSA) is 70.2 Å². The molecule has 1 aromatic carbocycles. The van der Waals surface area contributed by atoms with Crippen LogP contribution < -0.4 is 16.0 Å². The molecule has 102 valence electrons. The van der Waals surface area contributed by atoms with Gasteiger partial charge in [0.2, 0.25) is 5.91 Å². The Morgan fingerprint density at radius 1 is 1.21 bits per heavy atom. The van der Waals surface area contributed by atoms with Gasteiger partial charge in [-0.25, -0.2) is 4.79 Å². The Bertz CT molecular complexity index is 470. The van der Waals surface area contributed by atoms with E-state index in [0.717, 1.165) is 5.56 Å². The fourth-order valence-electron chi connectivity index (χ4n) is 1.45. The molecule has 5 nitrogen and oxygen atoms in total. The average molecular weight is 261 g/mol. The first-order valence-corrected chi connectivity index (χ1v) is 6.10. The number of carbonyl (C=O) groups is 2. The molecule has 1 aromatic rings. The normalized spacial score (nSPS) is 10.2. The Kier molecular flexibility index (Phi) is 6.15. The predicted molar refractivity (Wildman–Crippen MR) is 75.4 cm³/mol. The highest BCUT2D eigenvalue weighted by atomic mass is 16.2. The van der Waals surface area contributed by atoms with E-state index >= 15 is 0 Å². The maximum absolute atomic E-state index is 11.4. The van der Waals surface area contributed by atoms with Gasteiger partial charge < -0.3 is 16.0 Å². The van der Waals surface area contributed by atoms with Crippen molar-refractivity contribution in [2.24, 2.45) is 0 Å². The molecule has 0 saturated carbocycles. The molecule has 0 bridgehead atoms. The molecule has 3 N–H and O–H groups in total. The molecule has 0 aromatic heterocycles. The van der Waals surface area contributed by atoms with Crippen LogP contribution in [0.4, 0.5) is 4.79 Å². The largest absolute Gasteiger partial charge is 0.355 e. The van der Waals surface area contributed by atoms with Gasteiger partial charge in [-0.05, 0) is 18.6 Å². The van der Waals surface area contributed by atoms with Crippen molar-refractivity contribution in [2.45, 2.75) is 13.8 Å². The SMILES string of the molecule is CC(=O)NCCNC(=O)N/C=C/c1cccc(C)c1. The highest BCUT2D eigenvalue weighted by Gasteiger charge is 1.96. The van der Waals surface area contributed by atoms with Gasteiger partial charge in [0, 0.05) is 26.2 Å². The molecule has 0 heterocycles. The molecular formula is C14H19N3O2. The zero-order chi connectivity index (χ0) is 14.1. The first-order chi connectivity index (χ1) is 9.08. The summed E-state index contributed by atoms with van der Waals surface area (Å²) in [4.78, 5) is 22.0. The molecule has 0 unspecified atom stereocenters. The van der Waals surface area contributed by atoms with E-state index in [-0.39, 0.29) is 11.9 Å². The quantitative estimate of drug-likeness (QED) is 0.701. The van der Waals surface area contributed by atoms with Gasteiger partial charge in [-0.2, -0.15) is 0 Å². The summed E-state index contributed by atoms with van der Waals surface area (Å²) in [6, 6.07) is 7.66. The highest BCUT2D eigenvalue weighted by Crippen LogP contribution is 2.04. The summed E-state index contributed by atoms with van der Waals surface area (Å²) in [7, 11) is 0. The van der Waals surface area contributed by atoms with E-state index in [4.69, 9.17) is 0 Å². The fourth-order valence-corrected chi connectivity index (χ4v) is 1.45. The van der Waals surface area contributed by atoms with Gasteiger partial charge in [0.15, 0.2) is 0 Å². The average Bonchev–Trinajstić information content (AvgIpc) is 2.34. The standard InChI is InChI=1S/C14H19N3O2/c1-11-4-3-5-13(10-11)6-7-16-14(19)17-9-8-15-12(2)18/h3-7,10H,8-9H2,1-2H3,(H,15,18)(H2,16,17,19)/b7-6+. The number of aryl methyl sites for hydroxylation is 1. The summed E-state index contributed by atoms with van der Waals surface area (Å²) in [5.74, 6) is -0.110. The lowest BCUT2D eigenvalue weighted by Crippen LogP contribution is -2.37. The Hall–Kier alpha value is -2.30. The third kappa shape index (κ3) is 6.88. The van der Waals surface area contributed by atoms with Crippen LogP contribution in [0.25, 0.3) is 6.08 Å². The van der Waals surface area contributed by atoms with E-state index in [9.17, 15) is 9.59 Å². The second-order valence-corrected chi connectivity index (χ2v) is 4.13. The van der Waals surface area contributed by atoms with Gasteiger partial charge in [0.25, 0.3) is 0 Å². The summed E-state index contributed by atoms with van der Waals surface area (Å²) >= 11 is 0. The maximum Gasteiger partial charge on any atom is 0.318 e. The van der Waals surface area contributed by atoms with Crippen LogP contribution in [0.1, 0.15) is 18.1 Å². The van der Waals surface area contributed by atoms with Crippen molar-refractivity contribution in [3.63, 3.8) is 0 Å². The molecule has 0 saturated heterocycles. The van der Waals surface area contributed by atoms with Crippen LogP contribution in [0.5, 0.6) is 0 Å². The molecule has 5 heteroatoms. The molecule has 1 rings (SSSR count). The summed E-state index contributed by atoms with van der Waals surface area (Å²) in [5.41, 5.74) is 2.19. The van der Waals surface area contributed by atoms with Gasteiger partial charge in [-0.15, -0.1) is 0 Å². The summed E-state index contributed by atoms with van der Waals surface area (Å²) in [6.45, 7) is 4.26. The van der Waals surface area contributed by atoms with Crippen LogP contribution in [0.15, 0.2) is 30.5 Å². The van der Waals surface area contributed by atoms with Crippen molar-refractivity contribution in [1.82, 2.24) is 16.0 Å². The van der Waals surface area contributed by atoms with E-state index in [0.29, 0.717) is 13.1 Å². The number of urea groups is 1. The van der Waals surface area contributed by atoms with Crippen molar-refractivity contribution in [2.75, 3.05) is 13.1 Å². The molecule has 19 heavy (non-hydrogen) atoms. The molecule has 0 fully saturated rings. The lowest BCUT2D eigenvalue weighted by molar-refractivity contribution is -0.118. The Balaban J connectivity index is 2.24. The second-order valence-electron chi connectivity index (χ2n) is 4.13. The predicted octanol–water partition coefficient (Wildman–Crippen LogP) is 1.40. The number of hydrogen-bond acceptors (Lipinski definition) is 2. The van der Waals surface area contributed by atoms with E-state index in [2.05, 4.69) is 16.0 Å². The van der Waals surface area contributed by atoms with Crippen LogP contribution in [0.3, 0.4) is 0 Å². The van der Waals surface area contributed by atoms with Crippen LogP contribution in [-0.2, 0) is 4.79 Å². The van der Waals surface area contributed by atoms with Crippen LogP contribution in [0, 0.1) is 6.92 Å². The van der Waals surface area contributed by atoms with Crippen molar-refractivity contribution < 1.29 is 9.59 Å². The molecule has 0 atom stereocenters. The van der Waals surface area contributed by atoms with E-state index in [1.165, 1.54) is 12.5 Å². The first-order valence-electron chi connectivity index (χ1n) is 6.10. The lowest BCUT2D eigenvalue weighted by atomic mass is 10.1. The summed E-state index contributed by atoms with van der Waals surface area (Å²) < 4.78 is 0. The smallest absolute Gasteiger partial charge is 0.318 e. The van der Waals surface area contributed by atoms with Crippen molar-refractivity contribution >= 4 is 18.0 Å². The third-order valence-electron chi connectivity index (χ3n) is 2.32. The van der Waals surface area contributed by atoms with Gasteiger partial charge in [-0.3, -0.25) is 4.79 Å². The minimum atomic E-state index is -0.297. The molecule has 0 radical (unpaired) electrons. The molecular weight excluding hydrogens is 242 g/mol. The lowest BCUT2D eigenvalue weighted by Gasteiger charge is -2.04. The second kappa shape index (κ2) is 7.92. The molecule has 0 aliphatic rings. The van der Waals surface area contributed by atoms with E-state index in [1.54, 1.807) is 6.20 Å². The minimum absolute atomic E-state index is 0.110. The Labute approximate surface area is 113 Å². The van der Waals surface area contributed by atoms with Gasteiger partial charge in [0.05, 0.1) is 0 Å². The molecule has 0 aliphatic heterocycles. The van der Waals surface area contributed by atoms with E-state index < -0.39 is 0 Å². The zero-order valence-electron chi connectivity index (χ0n) is 11.2. The number of amides is 3. The Morgan fingerprint density at radius 3 is 2.63 bits per heavy atom. The first kappa shape index (κ1) is 14.8. The molecule has 3 amide bonds. The number of rotatable bonds is 5. The highest BCUT2D eigenvalue weighted by molar-refractivity contribution is 5.76. The minimum Gasteiger partial charge on any atom is -0.355 e. The van der Waals surface area contributed by atoms with Crippen molar-refractivity contribution in [3.05, 3.63) is 41.6 Å². The van der Waals surface area contributed by atoms with Crippen LogP contribution in [0.2, 0.25) is 0 Å². The zero-order valence-corrected chi connectivity index (χ0v) is 11.2. The Morgan fingerprint density at radius 2 is 1.95 bits per heavy atom. The summed E-state index contributed by atoms with van der Waals surface area (Å²) in [6.07, 6.45) is 3.41.